The molecule has 2 aromatic rings. The molecular formula is C15H18N2O3. The van der Waals surface area contributed by atoms with Gasteiger partial charge >= 0.3 is 0 Å². The number of amides is 1. The lowest BCUT2D eigenvalue weighted by Crippen LogP contribution is -2.43. The van der Waals surface area contributed by atoms with Crippen molar-refractivity contribution in [2.75, 3.05) is 6.54 Å². The Kier molecular flexibility index (Phi) is 4.20. The van der Waals surface area contributed by atoms with Gasteiger partial charge in [0.15, 0.2) is 11.2 Å². The maximum Gasteiger partial charge on any atom is 0.287 e. The molecule has 0 saturated carbocycles. The zero-order valence-corrected chi connectivity index (χ0v) is 11.6. The molecule has 0 aliphatic heterocycles. The van der Waals surface area contributed by atoms with Crippen molar-refractivity contribution in [1.82, 2.24) is 5.32 Å². The molecule has 0 fully saturated rings. The van der Waals surface area contributed by atoms with E-state index in [1.54, 1.807) is 24.3 Å². The maximum absolute atomic E-state index is 12.1. The van der Waals surface area contributed by atoms with Crippen molar-refractivity contribution in [3.63, 3.8) is 0 Å². The van der Waals surface area contributed by atoms with E-state index in [9.17, 15) is 9.59 Å². The minimum atomic E-state index is -0.419. The molecule has 1 atom stereocenters. The van der Waals surface area contributed by atoms with Gasteiger partial charge in [-0.3, -0.25) is 9.59 Å². The van der Waals surface area contributed by atoms with Gasteiger partial charge in [-0.05, 0) is 18.1 Å². The third kappa shape index (κ3) is 2.88. The lowest BCUT2D eigenvalue weighted by atomic mass is 10.0. The van der Waals surface area contributed by atoms with Crippen LogP contribution in [0, 0.1) is 5.92 Å². The first-order chi connectivity index (χ1) is 9.52. The van der Waals surface area contributed by atoms with Gasteiger partial charge in [-0.2, -0.15) is 0 Å². The Bertz CT molecular complexity index is 676. The van der Waals surface area contributed by atoms with Gasteiger partial charge in [-0.15, -0.1) is 0 Å². The van der Waals surface area contributed by atoms with E-state index in [1.165, 1.54) is 6.07 Å². The van der Waals surface area contributed by atoms with Crippen LogP contribution in [0.5, 0.6) is 0 Å². The molecule has 1 aromatic heterocycles. The minimum Gasteiger partial charge on any atom is -0.451 e. The SMILES string of the molecule is CC(C)C(CN)NC(=O)c1cc(=O)c2ccccc2o1. The summed E-state index contributed by atoms with van der Waals surface area (Å²) in [5, 5.41) is 3.24. The first kappa shape index (κ1) is 14.3. The van der Waals surface area contributed by atoms with Gasteiger partial charge in [0, 0.05) is 18.7 Å². The average molecular weight is 274 g/mol. The molecule has 0 aliphatic rings. The van der Waals surface area contributed by atoms with E-state index in [1.807, 2.05) is 13.8 Å². The highest BCUT2D eigenvalue weighted by molar-refractivity contribution is 5.93. The first-order valence-corrected chi connectivity index (χ1v) is 6.56. The minimum absolute atomic E-state index is 0.00722. The molecule has 5 heteroatoms. The van der Waals surface area contributed by atoms with E-state index in [0.29, 0.717) is 17.5 Å². The third-order valence-corrected chi connectivity index (χ3v) is 3.23. The number of fused-ring (bicyclic) bond motifs is 1. The largest absolute Gasteiger partial charge is 0.451 e. The Hall–Kier alpha value is -2.14. The summed E-state index contributed by atoms with van der Waals surface area (Å²) in [7, 11) is 0. The normalized spacial score (nSPS) is 12.6. The maximum atomic E-state index is 12.1. The van der Waals surface area contributed by atoms with E-state index in [2.05, 4.69) is 5.32 Å². The molecule has 0 aliphatic carbocycles. The molecule has 1 unspecified atom stereocenters. The summed E-state index contributed by atoms with van der Waals surface area (Å²) in [6.45, 7) is 4.27. The second-order valence-electron chi connectivity index (χ2n) is 5.03. The second-order valence-corrected chi connectivity index (χ2v) is 5.03. The van der Waals surface area contributed by atoms with E-state index >= 15 is 0 Å². The van der Waals surface area contributed by atoms with E-state index in [-0.39, 0.29) is 23.1 Å². The summed E-state index contributed by atoms with van der Waals surface area (Å²) in [5.74, 6) is -0.207. The van der Waals surface area contributed by atoms with Gasteiger partial charge in [-0.1, -0.05) is 26.0 Å². The quantitative estimate of drug-likeness (QED) is 0.885. The number of nitrogens with two attached hydrogens (primary N) is 1. The standard InChI is InChI=1S/C15H18N2O3/c1-9(2)11(8-16)17-15(19)14-7-12(18)10-5-3-4-6-13(10)20-14/h3-7,9,11H,8,16H2,1-2H3,(H,17,19). The second kappa shape index (κ2) is 5.88. The van der Waals surface area contributed by atoms with Gasteiger partial charge in [0.25, 0.3) is 5.91 Å². The molecule has 0 bridgehead atoms. The predicted octanol–water partition coefficient (Wildman–Crippen LogP) is 1.51. The van der Waals surface area contributed by atoms with Crippen molar-refractivity contribution in [2.45, 2.75) is 19.9 Å². The summed E-state index contributed by atoms with van der Waals surface area (Å²) in [6, 6.07) is 7.90. The first-order valence-electron chi connectivity index (χ1n) is 6.56. The van der Waals surface area contributed by atoms with Crippen LogP contribution < -0.4 is 16.5 Å². The molecule has 106 valence electrons. The summed E-state index contributed by atoms with van der Waals surface area (Å²) in [4.78, 5) is 24.0. The van der Waals surface area contributed by atoms with Crippen LogP contribution in [0.4, 0.5) is 0 Å². The van der Waals surface area contributed by atoms with Crippen LogP contribution in [0.3, 0.4) is 0 Å². The van der Waals surface area contributed by atoms with E-state index in [4.69, 9.17) is 10.2 Å². The van der Waals surface area contributed by atoms with Crippen LogP contribution in [0.25, 0.3) is 11.0 Å². The lowest BCUT2D eigenvalue weighted by molar-refractivity contribution is 0.0900. The Balaban J connectivity index is 2.33. The number of benzene rings is 1. The zero-order valence-electron chi connectivity index (χ0n) is 11.6. The number of para-hydroxylation sites is 1. The number of hydrogen-bond donors (Lipinski definition) is 2. The van der Waals surface area contributed by atoms with E-state index < -0.39 is 5.91 Å². The monoisotopic (exact) mass is 274 g/mol. The summed E-state index contributed by atoms with van der Waals surface area (Å²) >= 11 is 0. The van der Waals surface area contributed by atoms with Crippen LogP contribution in [0.2, 0.25) is 0 Å². The average Bonchev–Trinajstić information content (AvgIpc) is 2.44. The Morgan fingerprint density at radius 1 is 1.35 bits per heavy atom. The van der Waals surface area contributed by atoms with Crippen molar-refractivity contribution >= 4 is 16.9 Å². The van der Waals surface area contributed by atoms with E-state index in [0.717, 1.165) is 0 Å². The van der Waals surface area contributed by atoms with Crippen LogP contribution in [0.1, 0.15) is 24.4 Å². The summed E-state index contributed by atoms with van der Waals surface area (Å²) in [6.07, 6.45) is 0. The molecule has 0 radical (unpaired) electrons. The van der Waals surface area contributed by atoms with Crippen molar-refractivity contribution in [3.05, 3.63) is 46.3 Å². The van der Waals surface area contributed by atoms with Crippen LogP contribution in [-0.2, 0) is 0 Å². The molecule has 1 amide bonds. The molecular weight excluding hydrogens is 256 g/mol. The van der Waals surface area contributed by atoms with Crippen molar-refractivity contribution < 1.29 is 9.21 Å². The third-order valence-electron chi connectivity index (χ3n) is 3.23. The van der Waals surface area contributed by atoms with Gasteiger partial charge < -0.3 is 15.5 Å². The van der Waals surface area contributed by atoms with Crippen LogP contribution in [0.15, 0.2) is 39.5 Å². The van der Waals surface area contributed by atoms with Crippen molar-refractivity contribution in [2.24, 2.45) is 11.7 Å². The van der Waals surface area contributed by atoms with Crippen LogP contribution >= 0.6 is 0 Å². The van der Waals surface area contributed by atoms with Crippen LogP contribution in [-0.4, -0.2) is 18.5 Å². The smallest absolute Gasteiger partial charge is 0.287 e. The zero-order chi connectivity index (χ0) is 14.7. The van der Waals surface area contributed by atoms with Gasteiger partial charge in [0.05, 0.1) is 5.39 Å². The summed E-state index contributed by atoms with van der Waals surface area (Å²) < 4.78 is 5.48. The Morgan fingerprint density at radius 2 is 2.05 bits per heavy atom. The summed E-state index contributed by atoms with van der Waals surface area (Å²) in [5.41, 5.74) is 5.78. The number of rotatable bonds is 4. The Morgan fingerprint density at radius 3 is 2.70 bits per heavy atom. The van der Waals surface area contributed by atoms with Crippen molar-refractivity contribution in [3.8, 4) is 0 Å². The number of carbonyl (C=O) groups is 1. The van der Waals surface area contributed by atoms with Gasteiger partial charge in [0.2, 0.25) is 0 Å². The fourth-order valence-electron chi connectivity index (χ4n) is 1.95. The fourth-order valence-corrected chi connectivity index (χ4v) is 1.95. The highest BCUT2D eigenvalue weighted by atomic mass is 16.3. The molecule has 3 N–H and O–H groups in total. The number of nitrogens with one attached hydrogen (secondary N) is 1. The molecule has 0 saturated heterocycles. The molecule has 20 heavy (non-hydrogen) atoms. The molecule has 2 rings (SSSR count). The number of hydrogen-bond acceptors (Lipinski definition) is 4. The lowest BCUT2D eigenvalue weighted by Gasteiger charge is -2.19. The molecule has 0 spiro atoms. The van der Waals surface area contributed by atoms with Gasteiger partial charge in [-0.25, -0.2) is 0 Å². The molecule has 5 nitrogen and oxygen atoms in total. The highest BCUT2D eigenvalue weighted by Gasteiger charge is 2.18. The fraction of sp³-hybridized carbons (Fsp3) is 0.333. The predicted molar refractivity (Wildman–Crippen MR) is 77.6 cm³/mol. The van der Waals surface area contributed by atoms with Crippen molar-refractivity contribution in [1.29, 1.82) is 0 Å². The molecule has 1 heterocycles. The number of carbonyl (C=O) groups excluding carboxylic acids is 1. The topological polar surface area (TPSA) is 85.3 Å². The highest BCUT2D eigenvalue weighted by Crippen LogP contribution is 2.12. The van der Waals surface area contributed by atoms with Gasteiger partial charge in [0.1, 0.15) is 5.58 Å². The molecule has 1 aromatic carbocycles. The Labute approximate surface area is 116 Å².